The molecule has 0 aliphatic carbocycles. The van der Waals surface area contributed by atoms with Crippen molar-refractivity contribution >= 4 is 23.2 Å². The Labute approximate surface area is 174 Å². The van der Waals surface area contributed by atoms with Crippen molar-refractivity contribution in [1.82, 2.24) is 9.78 Å². The molecule has 3 aromatic rings. The summed E-state index contributed by atoms with van der Waals surface area (Å²) in [6, 6.07) is 14.9. The maximum absolute atomic E-state index is 12.9. The Kier molecular flexibility index (Phi) is 5.83. The third-order valence-corrected chi connectivity index (χ3v) is 5.13. The van der Waals surface area contributed by atoms with Crippen molar-refractivity contribution in [3.8, 4) is 11.4 Å². The number of amides is 1. The van der Waals surface area contributed by atoms with Crippen LogP contribution in [0.2, 0.25) is 5.02 Å². The van der Waals surface area contributed by atoms with Crippen LogP contribution < -0.4 is 10.1 Å². The van der Waals surface area contributed by atoms with Gasteiger partial charge in [-0.2, -0.15) is 5.10 Å². The molecule has 1 amide bonds. The minimum absolute atomic E-state index is 0.0839. The molecule has 0 bridgehead atoms. The third-order valence-electron chi connectivity index (χ3n) is 4.89. The van der Waals surface area contributed by atoms with Crippen LogP contribution in [-0.4, -0.2) is 35.0 Å². The van der Waals surface area contributed by atoms with Gasteiger partial charge in [0, 0.05) is 11.6 Å². The molecule has 2 aromatic carbocycles. The van der Waals surface area contributed by atoms with E-state index in [2.05, 4.69) is 10.4 Å². The summed E-state index contributed by atoms with van der Waals surface area (Å²) in [5.41, 5.74) is 2.65. The quantitative estimate of drug-likeness (QED) is 0.641. The van der Waals surface area contributed by atoms with Crippen LogP contribution >= 0.6 is 11.6 Å². The fourth-order valence-electron chi connectivity index (χ4n) is 3.34. The van der Waals surface area contributed by atoms with E-state index in [1.54, 1.807) is 29.1 Å². The van der Waals surface area contributed by atoms with Gasteiger partial charge in [-0.1, -0.05) is 29.8 Å². The molecule has 1 aliphatic heterocycles. The van der Waals surface area contributed by atoms with Crippen LogP contribution in [0.3, 0.4) is 0 Å². The molecular formula is C22H22ClN3O3. The number of carbonyl (C=O) groups is 1. The first-order chi connectivity index (χ1) is 14.1. The lowest BCUT2D eigenvalue weighted by atomic mass is 10.2. The van der Waals surface area contributed by atoms with Crippen molar-refractivity contribution < 1.29 is 14.3 Å². The van der Waals surface area contributed by atoms with Gasteiger partial charge in [0.15, 0.2) is 0 Å². The zero-order valence-corrected chi connectivity index (χ0v) is 16.9. The number of hydrogen-bond acceptors (Lipinski definition) is 4. The molecule has 1 N–H and O–H groups in total. The minimum Gasteiger partial charge on any atom is -0.489 e. The highest BCUT2D eigenvalue weighted by Crippen LogP contribution is 2.29. The smallest absolute Gasteiger partial charge is 0.259 e. The van der Waals surface area contributed by atoms with Crippen LogP contribution in [0.5, 0.6) is 5.75 Å². The van der Waals surface area contributed by atoms with Gasteiger partial charge in [-0.3, -0.25) is 4.79 Å². The molecule has 1 aromatic heterocycles. The van der Waals surface area contributed by atoms with Gasteiger partial charge in [0.05, 0.1) is 34.9 Å². The largest absolute Gasteiger partial charge is 0.489 e. The first kappa shape index (κ1) is 19.5. The van der Waals surface area contributed by atoms with E-state index in [-0.39, 0.29) is 12.0 Å². The summed E-state index contributed by atoms with van der Waals surface area (Å²) in [7, 11) is 0. The Hall–Kier alpha value is -2.83. The highest BCUT2D eigenvalue weighted by molar-refractivity contribution is 6.31. The summed E-state index contributed by atoms with van der Waals surface area (Å²) >= 11 is 6.14. The van der Waals surface area contributed by atoms with Crippen LogP contribution in [0.1, 0.15) is 28.9 Å². The van der Waals surface area contributed by atoms with E-state index >= 15 is 0 Å². The van der Waals surface area contributed by atoms with Crippen molar-refractivity contribution in [2.45, 2.75) is 25.9 Å². The molecule has 4 rings (SSSR count). The van der Waals surface area contributed by atoms with E-state index in [0.29, 0.717) is 28.6 Å². The van der Waals surface area contributed by atoms with E-state index in [0.717, 1.165) is 30.8 Å². The molecule has 6 nitrogen and oxygen atoms in total. The molecular weight excluding hydrogens is 390 g/mol. The number of aromatic nitrogens is 2. The average Bonchev–Trinajstić information content (AvgIpc) is 3.37. The van der Waals surface area contributed by atoms with E-state index in [4.69, 9.17) is 21.1 Å². The SMILES string of the molecule is Cc1c(C(=O)Nc2cc(Cl)ccc2OCC2CCCO2)cnn1-c1ccccc1. The highest BCUT2D eigenvalue weighted by atomic mass is 35.5. The monoisotopic (exact) mass is 411 g/mol. The standard InChI is InChI=1S/C22H22ClN3O3/c1-15-19(13-24-26(15)17-6-3-2-4-7-17)22(27)25-20-12-16(23)9-10-21(20)29-14-18-8-5-11-28-18/h2-4,6-7,9-10,12-13,18H,5,8,11,14H2,1H3,(H,25,27). The summed E-state index contributed by atoms with van der Waals surface area (Å²) in [6.07, 6.45) is 3.67. The maximum atomic E-state index is 12.9. The van der Waals surface area contributed by atoms with E-state index in [1.165, 1.54) is 0 Å². The molecule has 7 heteroatoms. The molecule has 29 heavy (non-hydrogen) atoms. The summed E-state index contributed by atoms with van der Waals surface area (Å²) in [5, 5.41) is 7.78. The number of ether oxygens (including phenoxy) is 2. The van der Waals surface area contributed by atoms with Crippen LogP contribution in [0.15, 0.2) is 54.7 Å². The predicted molar refractivity (Wildman–Crippen MR) is 112 cm³/mol. The van der Waals surface area contributed by atoms with Crippen molar-refractivity contribution in [1.29, 1.82) is 0 Å². The molecule has 1 saturated heterocycles. The van der Waals surface area contributed by atoms with Gasteiger partial charge in [-0.05, 0) is 50.1 Å². The molecule has 0 spiro atoms. The molecule has 1 atom stereocenters. The number of para-hydroxylation sites is 1. The van der Waals surface area contributed by atoms with Gasteiger partial charge in [-0.25, -0.2) is 4.68 Å². The van der Waals surface area contributed by atoms with Gasteiger partial charge >= 0.3 is 0 Å². The van der Waals surface area contributed by atoms with Gasteiger partial charge in [0.2, 0.25) is 0 Å². The Balaban J connectivity index is 1.52. The molecule has 1 unspecified atom stereocenters. The van der Waals surface area contributed by atoms with Crippen LogP contribution in [0.4, 0.5) is 5.69 Å². The summed E-state index contributed by atoms with van der Waals surface area (Å²) < 4.78 is 13.2. The molecule has 2 heterocycles. The predicted octanol–water partition coefficient (Wildman–Crippen LogP) is 4.64. The van der Waals surface area contributed by atoms with Crippen molar-refractivity contribution in [3.05, 3.63) is 71.0 Å². The van der Waals surface area contributed by atoms with Crippen LogP contribution in [-0.2, 0) is 4.74 Å². The van der Waals surface area contributed by atoms with Gasteiger partial charge in [-0.15, -0.1) is 0 Å². The summed E-state index contributed by atoms with van der Waals surface area (Å²) in [6.45, 7) is 3.07. The van der Waals surface area contributed by atoms with Gasteiger partial charge in [0.25, 0.3) is 5.91 Å². The Bertz CT molecular complexity index is 998. The van der Waals surface area contributed by atoms with Gasteiger partial charge in [0.1, 0.15) is 12.4 Å². The van der Waals surface area contributed by atoms with E-state index < -0.39 is 0 Å². The van der Waals surface area contributed by atoms with Crippen LogP contribution in [0, 0.1) is 6.92 Å². The number of benzene rings is 2. The number of halogens is 1. The maximum Gasteiger partial charge on any atom is 0.259 e. The molecule has 0 radical (unpaired) electrons. The average molecular weight is 412 g/mol. The minimum atomic E-state index is -0.270. The zero-order valence-electron chi connectivity index (χ0n) is 16.1. The number of rotatable bonds is 6. The fourth-order valence-corrected chi connectivity index (χ4v) is 3.51. The summed E-state index contributed by atoms with van der Waals surface area (Å²) in [5.74, 6) is 0.292. The first-order valence-electron chi connectivity index (χ1n) is 9.57. The molecule has 0 saturated carbocycles. The fraction of sp³-hybridized carbons (Fsp3) is 0.273. The number of carbonyl (C=O) groups excluding carboxylic acids is 1. The topological polar surface area (TPSA) is 65.4 Å². The second kappa shape index (κ2) is 8.68. The third kappa shape index (κ3) is 4.44. The lowest BCUT2D eigenvalue weighted by molar-refractivity contribution is 0.0682. The summed E-state index contributed by atoms with van der Waals surface area (Å²) in [4.78, 5) is 12.9. The Morgan fingerprint density at radius 1 is 1.31 bits per heavy atom. The molecule has 150 valence electrons. The van der Waals surface area contributed by atoms with Crippen molar-refractivity contribution in [3.63, 3.8) is 0 Å². The molecule has 1 aliphatic rings. The number of nitrogens with zero attached hydrogens (tertiary/aromatic N) is 2. The van der Waals surface area contributed by atoms with E-state index in [1.807, 2.05) is 37.3 Å². The second-order valence-electron chi connectivity index (χ2n) is 6.93. The van der Waals surface area contributed by atoms with Gasteiger partial charge < -0.3 is 14.8 Å². The van der Waals surface area contributed by atoms with E-state index in [9.17, 15) is 4.79 Å². The van der Waals surface area contributed by atoms with Crippen LogP contribution in [0.25, 0.3) is 5.69 Å². The second-order valence-corrected chi connectivity index (χ2v) is 7.37. The normalized spacial score (nSPS) is 16.0. The molecule has 1 fully saturated rings. The lowest BCUT2D eigenvalue weighted by Crippen LogP contribution is -2.18. The van der Waals surface area contributed by atoms with Crippen molar-refractivity contribution in [2.24, 2.45) is 0 Å². The number of hydrogen-bond donors (Lipinski definition) is 1. The number of nitrogens with one attached hydrogen (secondary N) is 1. The lowest BCUT2D eigenvalue weighted by Gasteiger charge is -2.15. The highest BCUT2D eigenvalue weighted by Gasteiger charge is 2.19. The zero-order chi connectivity index (χ0) is 20.2. The number of anilines is 1. The Morgan fingerprint density at radius 2 is 2.14 bits per heavy atom. The van der Waals surface area contributed by atoms with Crippen molar-refractivity contribution in [2.75, 3.05) is 18.5 Å². The Morgan fingerprint density at radius 3 is 2.90 bits per heavy atom. The first-order valence-corrected chi connectivity index (χ1v) is 9.95.